The minimum Gasteiger partial charge on any atom is -0.369 e. The van der Waals surface area contributed by atoms with Crippen molar-refractivity contribution in [3.8, 4) is 0 Å². The highest BCUT2D eigenvalue weighted by Crippen LogP contribution is 2.50. The molecule has 0 atom stereocenters. The summed E-state index contributed by atoms with van der Waals surface area (Å²) >= 11 is 0. The first kappa shape index (κ1) is 19.1. The number of rotatable bonds is 3. The highest BCUT2D eigenvalue weighted by Gasteiger charge is 2.71. The third-order valence-corrected chi connectivity index (χ3v) is 3.47. The van der Waals surface area contributed by atoms with Gasteiger partial charge in [-0.1, -0.05) is 0 Å². The molecule has 0 aliphatic carbocycles. The second-order valence-corrected chi connectivity index (χ2v) is 5.58. The number of nitrogens with zero attached hydrogens (tertiary/aromatic N) is 1. The Morgan fingerprint density at radius 3 is 1.74 bits per heavy atom. The van der Waals surface area contributed by atoms with Crippen LogP contribution >= 0.6 is 0 Å². The Morgan fingerprint density at radius 2 is 1.43 bits per heavy atom. The summed E-state index contributed by atoms with van der Waals surface area (Å²) in [5, 5.41) is 19.6. The van der Waals surface area contributed by atoms with Gasteiger partial charge in [-0.15, -0.1) is 0 Å². The SMILES string of the molecule is O=[N+]([O-])c1cc(C(O)(C(F)(F)F)C(F)(F)F)cc(S(=O)(=O)O)c1. The Bertz CT molecular complexity index is 726. The normalized spacial score (nSPS) is 13.9. The van der Waals surface area contributed by atoms with Gasteiger partial charge in [0.25, 0.3) is 21.4 Å². The first-order valence-corrected chi connectivity index (χ1v) is 6.59. The maximum Gasteiger partial charge on any atom is 0.430 e. The molecule has 0 heterocycles. The fraction of sp³-hybridized carbons (Fsp3) is 0.333. The molecule has 7 nitrogen and oxygen atoms in total. The maximum absolute atomic E-state index is 12.7. The molecule has 0 spiro atoms. The van der Waals surface area contributed by atoms with E-state index in [1.807, 2.05) is 0 Å². The Balaban J connectivity index is 3.89. The van der Waals surface area contributed by atoms with Crippen molar-refractivity contribution in [1.29, 1.82) is 0 Å². The van der Waals surface area contributed by atoms with E-state index in [9.17, 15) is 44.9 Å². The lowest BCUT2D eigenvalue weighted by atomic mass is 9.92. The summed E-state index contributed by atoms with van der Waals surface area (Å²) in [7, 11) is -5.38. The van der Waals surface area contributed by atoms with Crippen molar-refractivity contribution >= 4 is 15.8 Å². The zero-order valence-electron chi connectivity index (χ0n) is 10.4. The molecule has 0 saturated carbocycles. The number of benzene rings is 1. The van der Waals surface area contributed by atoms with Crippen molar-refractivity contribution in [2.24, 2.45) is 0 Å². The summed E-state index contributed by atoms with van der Waals surface area (Å²) < 4.78 is 107. The highest BCUT2D eigenvalue weighted by atomic mass is 32.2. The summed E-state index contributed by atoms with van der Waals surface area (Å²) in [6.07, 6.45) is -12.8. The van der Waals surface area contributed by atoms with Gasteiger partial charge in [-0.25, -0.2) is 0 Å². The van der Waals surface area contributed by atoms with Crippen LogP contribution in [0.25, 0.3) is 0 Å². The number of aliphatic hydroxyl groups is 1. The molecular formula is C9H5F6NO6S. The second-order valence-electron chi connectivity index (χ2n) is 4.15. The second kappa shape index (κ2) is 5.31. The van der Waals surface area contributed by atoms with Crippen molar-refractivity contribution in [2.45, 2.75) is 22.8 Å². The molecule has 2 N–H and O–H groups in total. The van der Waals surface area contributed by atoms with Crippen molar-refractivity contribution in [3.63, 3.8) is 0 Å². The zero-order chi connectivity index (χ0) is 18.4. The predicted octanol–water partition coefficient (Wildman–Crippen LogP) is 2.15. The molecule has 0 fully saturated rings. The third kappa shape index (κ3) is 3.37. The van der Waals surface area contributed by atoms with Gasteiger partial charge in [0.1, 0.15) is 4.90 Å². The number of hydrogen-bond acceptors (Lipinski definition) is 5. The molecule has 0 aliphatic rings. The fourth-order valence-electron chi connectivity index (χ4n) is 1.53. The molecule has 130 valence electrons. The molecule has 0 saturated heterocycles. The van der Waals surface area contributed by atoms with E-state index >= 15 is 0 Å². The van der Waals surface area contributed by atoms with Crippen LogP contribution in [-0.2, 0) is 15.7 Å². The number of nitro benzene ring substituents is 1. The van der Waals surface area contributed by atoms with Crippen LogP contribution in [0.2, 0.25) is 0 Å². The Labute approximate surface area is 123 Å². The van der Waals surface area contributed by atoms with Gasteiger partial charge < -0.3 is 5.11 Å². The van der Waals surface area contributed by atoms with Crippen LogP contribution in [0.1, 0.15) is 5.56 Å². The lowest BCUT2D eigenvalue weighted by Gasteiger charge is -2.32. The van der Waals surface area contributed by atoms with E-state index in [4.69, 9.17) is 9.66 Å². The van der Waals surface area contributed by atoms with Gasteiger partial charge in [-0.2, -0.15) is 34.8 Å². The van der Waals surface area contributed by atoms with Crippen LogP contribution in [-0.4, -0.2) is 35.4 Å². The predicted molar refractivity (Wildman–Crippen MR) is 58.9 cm³/mol. The van der Waals surface area contributed by atoms with Gasteiger partial charge in [0.15, 0.2) is 0 Å². The molecule has 0 aliphatic heterocycles. The first-order chi connectivity index (χ1) is 10.0. The summed E-state index contributed by atoms with van der Waals surface area (Å²) in [4.78, 5) is 7.43. The summed E-state index contributed by atoms with van der Waals surface area (Å²) in [6, 6.07) is -0.620. The van der Waals surface area contributed by atoms with Crippen LogP contribution < -0.4 is 0 Å². The average Bonchev–Trinajstić information content (AvgIpc) is 2.33. The molecule has 0 unspecified atom stereocenters. The van der Waals surface area contributed by atoms with Gasteiger partial charge in [0, 0.05) is 17.7 Å². The van der Waals surface area contributed by atoms with Gasteiger partial charge in [-0.05, 0) is 6.07 Å². The molecule has 0 aromatic heterocycles. The van der Waals surface area contributed by atoms with Crippen LogP contribution in [0.4, 0.5) is 32.0 Å². The quantitative estimate of drug-likeness (QED) is 0.365. The molecular weight excluding hydrogens is 364 g/mol. The van der Waals surface area contributed by atoms with Gasteiger partial charge in [-0.3, -0.25) is 14.7 Å². The number of hydrogen-bond donors (Lipinski definition) is 2. The Kier molecular flexibility index (Phi) is 4.41. The lowest BCUT2D eigenvalue weighted by molar-refractivity contribution is -0.387. The topological polar surface area (TPSA) is 118 Å². The van der Waals surface area contributed by atoms with E-state index in [-0.39, 0.29) is 18.2 Å². The monoisotopic (exact) mass is 369 g/mol. The van der Waals surface area contributed by atoms with Gasteiger partial charge in [0.05, 0.1) is 4.92 Å². The summed E-state index contributed by atoms with van der Waals surface area (Å²) in [6.45, 7) is 0. The smallest absolute Gasteiger partial charge is 0.369 e. The van der Waals surface area contributed by atoms with E-state index in [2.05, 4.69) is 0 Å². The van der Waals surface area contributed by atoms with Crippen LogP contribution in [0.3, 0.4) is 0 Å². The summed E-state index contributed by atoms with van der Waals surface area (Å²) in [5.41, 5.74) is -9.27. The van der Waals surface area contributed by atoms with Crippen molar-refractivity contribution in [3.05, 3.63) is 33.9 Å². The van der Waals surface area contributed by atoms with E-state index in [1.165, 1.54) is 0 Å². The average molecular weight is 369 g/mol. The molecule has 0 amide bonds. The van der Waals surface area contributed by atoms with Crippen LogP contribution in [0.15, 0.2) is 23.1 Å². The van der Waals surface area contributed by atoms with Crippen molar-refractivity contribution < 1.29 is 49.3 Å². The van der Waals surface area contributed by atoms with Crippen molar-refractivity contribution in [1.82, 2.24) is 0 Å². The number of nitro groups is 1. The Morgan fingerprint density at radius 1 is 1.00 bits per heavy atom. The van der Waals surface area contributed by atoms with Crippen molar-refractivity contribution in [2.75, 3.05) is 0 Å². The largest absolute Gasteiger partial charge is 0.430 e. The number of non-ortho nitro benzene ring substituents is 1. The van der Waals surface area contributed by atoms with Gasteiger partial charge >= 0.3 is 12.4 Å². The maximum atomic E-state index is 12.7. The molecule has 1 aromatic rings. The minimum atomic E-state index is -6.38. The van der Waals surface area contributed by atoms with Crippen LogP contribution in [0.5, 0.6) is 0 Å². The van der Waals surface area contributed by atoms with E-state index in [1.54, 1.807) is 0 Å². The highest BCUT2D eigenvalue weighted by molar-refractivity contribution is 7.85. The number of alkyl halides is 6. The van der Waals surface area contributed by atoms with E-state index in [0.717, 1.165) is 0 Å². The van der Waals surface area contributed by atoms with E-state index in [0.29, 0.717) is 0 Å². The first-order valence-electron chi connectivity index (χ1n) is 5.15. The molecule has 1 rings (SSSR count). The van der Waals surface area contributed by atoms with E-state index < -0.39 is 49.1 Å². The minimum absolute atomic E-state index is 0.0337. The standard InChI is InChI=1S/C9H5F6NO6S/c10-8(11,12)7(17,9(13,14)15)4-1-5(16(18)19)3-6(2-4)23(20,21)22/h1-3,17H,(H,20,21,22). The molecule has 0 radical (unpaired) electrons. The van der Waals surface area contributed by atoms with Gasteiger partial charge in [0.2, 0.25) is 0 Å². The third-order valence-electron chi connectivity index (χ3n) is 2.64. The molecule has 0 bridgehead atoms. The molecule has 1 aromatic carbocycles. The Hall–Kier alpha value is -1.93. The summed E-state index contributed by atoms with van der Waals surface area (Å²) in [5.74, 6) is 0. The fourth-order valence-corrected chi connectivity index (χ4v) is 2.08. The molecule has 14 heteroatoms. The zero-order valence-corrected chi connectivity index (χ0v) is 11.2. The number of halogens is 6. The lowest BCUT2D eigenvalue weighted by Crippen LogP contribution is -2.54. The molecule has 23 heavy (non-hydrogen) atoms. The van der Waals surface area contributed by atoms with Crippen LogP contribution in [0, 0.1) is 10.1 Å².